The summed E-state index contributed by atoms with van der Waals surface area (Å²) >= 11 is 0. The van der Waals surface area contributed by atoms with Gasteiger partial charge in [-0.1, -0.05) is 25.8 Å². The molecule has 2 unspecified atom stereocenters. The number of aliphatic hydroxyl groups excluding tert-OH is 1. The molecule has 2 rings (SSSR count). The van der Waals surface area contributed by atoms with Crippen LogP contribution in [0.5, 0.6) is 0 Å². The highest BCUT2D eigenvalue weighted by atomic mass is 16.3. The quantitative estimate of drug-likeness (QED) is 0.762. The summed E-state index contributed by atoms with van der Waals surface area (Å²) < 4.78 is 0. The van der Waals surface area contributed by atoms with Gasteiger partial charge in [-0.05, 0) is 69.3 Å². The standard InChI is InChI=1S/C17H30O2/c1-5-6-13-14-11-12(16(2,3)19)7-9-17(14,4)10-8-15(13)18/h12,15,18-19H,5-11H2,1-4H3/t12-,15?,17?/m1/s1. The molecule has 2 aliphatic carbocycles. The second-order valence-electron chi connectivity index (χ2n) is 7.46. The van der Waals surface area contributed by atoms with Crippen molar-refractivity contribution >= 4 is 0 Å². The van der Waals surface area contributed by atoms with E-state index in [0.29, 0.717) is 5.92 Å². The van der Waals surface area contributed by atoms with E-state index in [-0.39, 0.29) is 11.5 Å². The van der Waals surface area contributed by atoms with Crippen LogP contribution in [-0.2, 0) is 0 Å². The van der Waals surface area contributed by atoms with Crippen LogP contribution in [0.4, 0.5) is 0 Å². The molecule has 0 spiro atoms. The fourth-order valence-corrected chi connectivity index (χ4v) is 4.05. The highest BCUT2D eigenvalue weighted by molar-refractivity contribution is 5.30. The Morgan fingerprint density at radius 2 is 1.89 bits per heavy atom. The van der Waals surface area contributed by atoms with Crippen LogP contribution in [0.2, 0.25) is 0 Å². The van der Waals surface area contributed by atoms with Crippen molar-refractivity contribution in [2.75, 3.05) is 0 Å². The molecule has 0 saturated heterocycles. The molecular formula is C17H30O2. The first-order valence-electron chi connectivity index (χ1n) is 7.91. The van der Waals surface area contributed by atoms with E-state index < -0.39 is 5.60 Å². The van der Waals surface area contributed by atoms with Crippen molar-refractivity contribution in [1.29, 1.82) is 0 Å². The highest BCUT2D eigenvalue weighted by Crippen LogP contribution is 2.53. The van der Waals surface area contributed by atoms with Gasteiger partial charge in [0.05, 0.1) is 11.7 Å². The van der Waals surface area contributed by atoms with Gasteiger partial charge in [0.1, 0.15) is 0 Å². The summed E-state index contributed by atoms with van der Waals surface area (Å²) in [5.74, 6) is 0.340. The Bertz CT molecular complexity index is 364. The molecule has 0 aromatic carbocycles. The molecule has 0 amide bonds. The zero-order valence-electron chi connectivity index (χ0n) is 13.0. The Morgan fingerprint density at radius 3 is 2.47 bits per heavy atom. The molecule has 0 bridgehead atoms. The van der Waals surface area contributed by atoms with Crippen LogP contribution in [0.15, 0.2) is 11.1 Å². The summed E-state index contributed by atoms with van der Waals surface area (Å²) in [6.45, 7) is 8.41. The average Bonchev–Trinajstić information content (AvgIpc) is 2.32. The molecule has 0 aromatic rings. The van der Waals surface area contributed by atoms with Gasteiger partial charge in [0.25, 0.3) is 0 Å². The average molecular weight is 266 g/mol. The maximum atomic E-state index is 10.3. The van der Waals surface area contributed by atoms with Crippen molar-refractivity contribution in [3.05, 3.63) is 11.1 Å². The third kappa shape index (κ3) is 2.90. The third-order valence-corrected chi connectivity index (χ3v) is 5.50. The van der Waals surface area contributed by atoms with Gasteiger partial charge in [0.15, 0.2) is 0 Å². The van der Waals surface area contributed by atoms with Gasteiger partial charge in [-0.3, -0.25) is 0 Å². The van der Waals surface area contributed by atoms with Crippen LogP contribution in [0, 0.1) is 11.3 Å². The summed E-state index contributed by atoms with van der Waals surface area (Å²) in [6, 6.07) is 0. The fourth-order valence-electron chi connectivity index (χ4n) is 4.05. The third-order valence-electron chi connectivity index (χ3n) is 5.50. The molecule has 2 N–H and O–H groups in total. The maximum Gasteiger partial charge on any atom is 0.0753 e. The molecule has 1 fully saturated rings. The molecule has 2 aliphatic rings. The predicted octanol–water partition coefficient (Wildman–Crippen LogP) is 3.82. The van der Waals surface area contributed by atoms with Gasteiger partial charge in [-0.15, -0.1) is 0 Å². The summed E-state index contributed by atoms with van der Waals surface area (Å²) in [4.78, 5) is 0. The van der Waals surface area contributed by atoms with Gasteiger partial charge < -0.3 is 10.2 Å². The molecule has 2 nitrogen and oxygen atoms in total. The van der Waals surface area contributed by atoms with Crippen molar-refractivity contribution < 1.29 is 10.2 Å². The molecule has 19 heavy (non-hydrogen) atoms. The summed E-state index contributed by atoms with van der Waals surface area (Å²) in [7, 11) is 0. The largest absolute Gasteiger partial charge is 0.390 e. The van der Waals surface area contributed by atoms with Crippen LogP contribution in [0.3, 0.4) is 0 Å². The lowest BCUT2D eigenvalue weighted by Crippen LogP contribution is -2.41. The van der Waals surface area contributed by atoms with E-state index in [0.717, 1.165) is 44.9 Å². The Kier molecular flexibility index (Phi) is 4.13. The molecule has 2 heteroatoms. The van der Waals surface area contributed by atoms with Gasteiger partial charge >= 0.3 is 0 Å². The molecule has 0 radical (unpaired) electrons. The first-order chi connectivity index (χ1) is 8.78. The zero-order valence-corrected chi connectivity index (χ0v) is 13.0. The second kappa shape index (κ2) is 5.21. The first-order valence-corrected chi connectivity index (χ1v) is 7.91. The molecule has 1 saturated carbocycles. The van der Waals surface area contributed by atoms with Crippen LogP contribution in [0.25, 0.3) is 0 Å². The number of aliphatic hydroxyl groups is 2. The zero-order chi connectivity index (χ0) is 14.3. The lowest BCUT2D eigenvalue weighted by molar-refractivity contribution is -0.00758. The van der Waals surface area contributed by atoms with E-state index in [1.165, 1.54) is 11.1 Å². The topological polar surface area (TPSA) is 40.5 Å². The number of rotatable bonds is 3. The number of allylic oxidation sites excluding steroid dienone is 1. The molecular weight excluding hydrogens is 236 g/mol. The molecule has 110 valence electrons. The second-order valence-corrected chi connectivity index (χ2v) is 7.46. The van der Waals surface area contributed by atoms with Crippen LogP contribution in [-0.4, -0.2) is 21.9 Å². The Morgan fingerprint density at radius 1 is 1.26 bits per heavy atom. The van der Waals surface area contributed by atoms with Gasteiger partial charge in [0.2, 0.25) is 0 Å². The number of fused-ring (bicyclic) bond motifs is 1. The van der Waals surface area contributed by atoms with Crippen molar-refractivity contribution in [2.24, 2.45) is 11.3 Å². The Balaban J connectivity index is 2.34. The number of hydrogen-bond acceptors (Lipinski definition) is 2. The molecule has 0 aliphatic heterocycles. The molecule has 3 atom stereocenters. The van der Waals surface area contributed by atoms with E-state index >= 15 is 0 Å². The lowest BCUT2D eigenvalue weighted by atomic mass is 9.59. The first kappa shape index (κ1) is 15.1. The van der Waals surface area contributed by atoms with Gasteiger partial charge in [0, 0.05) is 0 Å². The Hall–Kier alpha value is -0.340. The summed E-state index contributed by atoms with van der Waals surface area (Å²) in [5, 5.41) is 20.6. The molecule has 0 aromatic heterocycles. The van der Waals surface area contributed by atoms with Crippen LogP contribution >= 0.6 is 0 Å². The normalized spacial score (nSPS) is 36.3. The SMILES string of the molecule is CCCC1=C2C[C@H](C(C)(C)O)CCC2(C)CCC1O. The van der Waals surface area contributed by atoms with Crippen LogP contribution in [0.1, 0.15) is 72.6 Å². The van der Waals surface area contributed by atoms with Gasteiger partial charge in [-0.25, -0.2) is 0 Å². The monoisotopic (exact) mass is 266 g/mol. The van der Waals surface area contributed by atoms with Crippen molar-refractivity contribution in [3.8, 4) is 0 Å². The predicted molar refractivity (Wildman–Crippen MR) is 78.9 cm³/mol. The summed E-state index contributed by atoms with van der Waals surface area (Å²) in [5.41, 5.74) is 2.45. The van der Waals surface area contributed by atoms with Crippen molar-refractivity contribution in [3.63, 3.8) is 0 Å². The Labute approximate surface area is 117 Å². The minimum Gasteiger partial charge on any atom is -0.390 e. The van der Waals surface area contributed by atoms with Crippen molar-refractivity contribution in [1.82, 2.24) is 0 Å². The molecule has 0 heterocycles. The van der Waals surface area contributed by atoms with Crippen molar-refractivity contribution in [2.45, 2.75) is 84.3 Å². The van der Waals surface area contributed by atoms with Gasteiger partial charge in [-0.2, -0.15) is 0 Å². The fraction of sp³-hybridized carbons (Fsp3) is 0.882. The minimum absolute atomic E-state index is 0.233. The maximum absolute atomic E-state index is 10.3. The van der Waals surface area contributed by atoms with E-state index in [2.05, 4.69) is 13.8 Å². The van der Waals surface area contributed by atoms with E-state index in [4.69, 9.17) is 0 Å². The minimum atomic E-state index is -0.603. The summed E-state index contributed by atoms with van der Waals surface area (Å²) in [6.07, 6.45) is 7.16. The number of hydrogen-bond donors (Lipinski definition) is 2. The van der Waals surface area contributed by atoms with Crippen LogP contribution < -0.4 is 0 Å². The van der Waals surface area contributed by atoms with E-state index in [1.54, 1.807) is 0 Å². The highest BCUT2D eigenvalue weighted by Gasteiger charge is 2.44. The van der Waals surface area contributed by atoms with E-state index in [9.17, 15) is 10.2 Å². The smallest absolute Gasteiger partial charge is 0.0753 e. The van der Waals surface area contributed by atoms with E-state index in [1.807, 2.05) is 13.8 Å². The lowest BCUT2D eigenvalue weighted by Gasteiger charge is -2.48.